The molecule has 10 nitrogen and oxygen atoms in total. The van der Waals surface area contributed by atoms with Crippen molar-refractivity contribution in [3.05, 3.63) is 75.1 Å². The number of anilines is 2. The van der Waals surface area contributed by atoms with Crippen LogP contribution in [-0.4, -0.2) is 31.1 Å². The summed E-state index contributed by atoms with van der Waals surface area (Å²) < 4.78 is 21.9. The number of benzene rings is 2. The number of hydrogen-bond acceptors (Lipinski definition) is 7. The number of imidazole rings is 1. The van der Waals surface area contributed by atoms with Crippen molar-refractivity contribution in [1.29, 1.82) is 0 Å². The van der Waals surface area contributed by atoms with Crippen LogP contribution in [0.2, 0.25) is 0 Å². The third kappa shape index (κ3) is 3.11. The number of nitrogens with one attached hydrogen (secondary N) is 1. The summed E-state index contributed by atoms with van der Waals surface area (Å²) in [6, 6.07) is 10.7. The third-order valence-electron chi connectivity index (χ3n) is 4.54. The van der Waals surface area contributed by atoms with Crippen molar-refractivity contribution < 1.29 is 14.1 Å². The van der Waals surface area contributed by atoms with E-state index in [4.69, 9.17) is 4.74 Å². The fourth-order valence-corrected chi connectivity index (χ4v) is 3.12. The molecular weight excluding hydrogens is 395 g/mol. The molecule has 0 amide bonds. The van der Waals surface area contributed by atoms with Gasteiger partial charge in [-0.1, -0.05) is 12.1 Å². The van der Waals surface area contributed by atoms with E-state index in [-0.39, 0.29) is 23.1 Å². The van der Waals surface area contributed by atoms with E-state index in [1.807, 2.05) is 12.1 Å². The lowest BCUT2D eigenvalue weighted by Gasteiger charge is -2.11. The zero-order chi connectivity index (χ0) is 21.4. The summed E-state index contributed by atoms with van der Waals surface area (Å²) in [5, 5.41) is 13.8. The van der Waals surface area contributed by atoms with Crippen LogP contribution in [0.15, 0.2) is 53.5 Å². The Balaban J connectivity index is 1.80. The standard InChI is InChI=1S/C19H15FN6O4/c1-24-13-5-3-4-6-14(13)25(19(24)27)17-7-8-21-18(23-17)22-12-10-15(26(28)29)11(20)9-16(12)30-2/h3-10H,1-2H3,(H,21,22,23). The van der Waals surface area contributed by atoms with Crippen LogP contribution < -0.4 is 15.7 Å². The van der Waals surface area contributed by atoms with Gasteiger partial charge in [0.2, 0.25) is 11.8 Å². The predicted octanol–water partition coefficient (Wildman–Crippen LogP) is 2.92. The lowest BCUT2D eigenvalue weighted by atomic mass is 10.2. The molecule has 11 heteroatoms. The van der Waals surface area contributed by atoms with Crippen LogP contribution in [0.4, 0.5) is 21.7 Å². The van der Waals surface area contributed by atoms with E-state index < -0.39 is 16.4 Å². The molecule has 1 N–H and O–H groups in total. The van der Waals surface area contributed by atoms with E-state index in [1.54, 1.807) is 25.2 Å². The number of nitro benzene ring substituents is 1. The Hall–Kier alpha value is -4.28. The van der Waals surface area contributed by atoms with E-state index in [0.29, 0.717) is 11.3 Å². The first kappa shape index (κ1) is 19.1. The fraction of sp³-hybridized carbons (Fsp3) is 0.105. The molecule has 2 heterocycles. The van der Waals surface area contributed by atoms with Crippen LogP contribution in [-0.2, 0) is 7.05 Å². The number of nitrogens with zero attached hydrogens (tertiary/aromatic N) is 5. The summed E-state index contributed by atoms with van der Waals surface area (Å²) in [5.74, 6) is -0.648. The van der Waals surface area contributed by atoms with Crippen LogP contribution in [0.3, 0.4) is 0 Å². The van der Waals surface area contributed by atoms with Gasteiger partial charge in [-0.25, -0.2) is 14.3 Å². The van der Waals surface area contributed by atoms with Crippen molar-refractivity contribution in [1.82, 2.24) is 19.1 Å². The number of fused-ring (bicyclic) bond motifs is 1. The normalized spacial score (nSPS) is 10.9. The lowest BCUT2D eigenvalue weighted by Crippen LogP contribution is -2.21. The van der Waals surface area contributed by atoms with Crippen LogP contribution in [0.1, 0.15) is 0 Å². The zero-order valence-electron chi connectivity index (χ0n) is 15.9. The molecule has 152 valence electrons. The topological polar surface area (TPSA) is 117 Å². The second kappa shape index (κ2) is 7.28. The van der Waals surface area contributed by atoms with E-state index in [1.165, 1.54) is 22.4 Å². The summed E-state index contributed by atoms with van der Waals surface area (Å²) in [7, 11) is 2.96. The van der Waals surface area contributed by atoms with Crippen LogP contribution in [0, 0.1) is 15.9 Å². The van der Waals surface area contributed by atoms with E-state index in [0.717, 1.165) is 17.6 Å². The Bertz CT molecular complexity index is 1350. The van der Waals surface area contributed by atoms with Crippen molar-refractivity contribution >= 4 is 28.4 Å². The monoisotopic (exact) mass is 410 g/mol. The molecule has 0 bridgehead atoms. The average Bonchev–Trinajstić information content (AvgIpc) is 2.99. The maximum Gasteiger partial charge on any atom is 0.334 e. The molecule has 0 saturated carbocycles. The van der Waals surface area contributed by atoms with E-state index in [9.17, 15) is 19.3 Å². The molecule has 0 aliphatic rings. The van der Waals surface area contributed by atoms with Crippen molar-refractivity contribution in [3.63, 3.8) is 0 Å². The highest BCUT2D eigenvalue weighted by Crippen LogP contribution is 2.33. The van der Waals surface area contributed by atoms with Gasteiger partial charge in [-0.3, -0.25) is 14.7 Å². The van der Waals surface area contributed by atoms with Crippen LogP contribution in [0.25, 0.3) is 16.9 Å². The number of methoxy groups -OCH3 is 1. The quantitative estimate of drug-likeness (QED) is 0.397. The van der Waals surface area contributed by atoms with Gasteiger partial charge < -0.3 is 10.1 Å². The van der Waals surface area contributed by atoms with E-state index in [2.05, 4.69) is 15.3 Å². The molecule has 0 radical (unpaired) electrons. The minimum Gasteiger partial charge on any atom is -0.494 e. The predicted molar refractivity (Wildman–Crippen MR) is 107 cm³/mol. The minimum atomic E-state index is -1.03. The summed E-state index contributed by atoms with van der Waals surface area (Å²) in [6.07, 6.45) is 1.43. The Labute approximate surface area is 168 Å². The number of para-hydroxylation sites is 2. The number of rotatable bonds is 5. The molecule has 2 aromatic heterocycles. The van der Waals surface area contributed by atoms with Crippen LogP contribution in [0.5, 0.6) is 5.75 Å². The van der Waals surface area contributed by atoms with Crippen molar-refractivity contribution in [2.75, 3.05) is 12.4 Å². The summed E-state index contributed by atoms with van der Waals surface area (Å²) >= 11 is 0. The molecule has 2 aromatic carbocycles. The number of nitro groups is 1. The molecule has 0 unspecified atom stereocenters. The zero-order valence-corrected chi connectivity index (χ0v) is 15.9. The molecular formula is C19H15FN6O4. The van der Waals surface area contributed by atoms with Gasteiger partial charge in [0.1, 0.15) is 11.6 Å². The van der Waals surface area contributed by atoms with Crippen molar-refractivity contribution in [2.45, 2.75) is 0 Å². The van der Waals surface area contributed by atoms with Gasteiger partial charge in [-0.15, -0.1) is 0 Å². The first-order valence-electron chi connectivity index (χ1n) is 8.69. The van der Waals surface area contributed by atoms with Gasteiger partial charge in [0.25, 0.3) is 0 Å². The number of halogens is 1. The molecule has 4 rings (SSSR count). The molecule has 0 atom stereocenters. The number of aromatic nitrogens is 4. The van der Waals surface area contributed by atoms with E-state index >= 15 is 0 Å². The van der Waals surface area contributed by atoms with Gasteiger partial charge in [0, 0.05) is 31.4 Å². The molecule has 4 aromatic rings. The smallest absolute Gasteiger partial charge is 0.334 e. The minimum absolute atomic E-state index is 0.0365. The number of ether oxygens (including phenoxy) is 1. The molecule has 0 spiro atoms. The van der Waals surface area contributed by atoms with Crippen LogP contribution >= 0.6 is 0 Å². The molecule has 0 saturated heterocycles. The fourth-order valence-electron chi connectivity index (χ4n) is 3.12. The van der Waals surface area contributed by atoms with Crippen molar-refractivity contribution in [3.8, 4) is 11.6 Å². The maximum atomic E-state index is 13.9. The highest BCUT2D eigenvalue weighted by Gasteiger charge is 2.20. The van der Waals surface area contributed by atoms with Gasteiger partial charge in [0.15, 0.2) is 0 Å². The molecule has 0 aliphatic carbocycles. The second-order valence-corrected chi connectivity index (χ2v) is 6.29. The number of hydrogen-bond donors (Lipinski definition) is 1. The lowest BCUT2D eigenvalue weighted by molar-refractivity contribution is -0.387. The third-order valence-corrected chi connectivity index (χ3v) is 4.54. The maximum absolute atomic E-state index is 13.9. The molecule has 0 aliphatic heterocycles. The van der Waals surface area contributed by atoms with Crippen molar-refractivity contribution in [2.24, 2.45) is 7.05 Å². The molecule has 0 fully saturated rings. The average molecular weight is 410 g/mol. The Kier molecular flexibility index (Phi) is 4.62. The summed E-state index contributed by atoms with van der Waals surface area (Å²) in [6.45, 7) is 0. The highest BCUT2D eigenvalue weighted by molar-refractivity contribution is 5.77. The van der Waals surface area contributed by atoms with Gasteiger partial charge in [-0.05, 0) is 12.1 Å². The first-order chi connectivity index (χ1) is 14.4. The number of aryl methyl sites for hydroxylation is 1. The highest BCUT2D eigenvalue weighted by atomic mass is 19.1. The Morgan fingerprint density at radius 2 is 1.93 bits per heavy atom. The van der Waals surface area contributed by atoms with Gasteiger partial charge in [0.05, 0.1) is 28.8 Å². The summed E-state index contributed by atoms with van der Waals surface area (Å²) in [4.78, 5) is 31.4. The Morgan fingerprint density at radius 3 is 2.63 bits per heavy atom. The first-order valence-corrected chi connectivity index (χ1v) is 8.69. The van der Waals surface area contributed by atoms with Gasteiger partial charge >= 0.3 is 11.4 Å². The second-order valence-electron chi connectivity index (χ2n) is 6.29. The molecule has 30 heavy (non-hydrogen) atoms. The summed E-state index contributed by atoms with van der Waals surface area (Å²) in [5.41, 5.74) is 0.472. The largest absolute Gasteiger partial charge is 0.494 e. The Morgan fingerprint density at radius 1 is 1.20 bits per heavy atom. The van der Waals surface area contributed by atoms with Gasteiger partial charge in [-0.2, -0.15) is 9.37 Å². The SMILES string of the molecule is COc1cc(F)c([N+](=O)[O-])cc1Nc1nccc(-n2c(=O)n(C)c3ccccc32)n1.